The first-order valence-electron chi connectivity index (χ1n) is 6.80. The van der Waals surface area contributed by atoms with E-state index in [1.165, 1.54) is 11.6 Å². The molecule has 20 heavy (non-hydrogen) atoms. The molecule has 0 radical (unpaired) electrons. The van der Waals surface area contributed by atoms with Crippen LogP contribution in [0.5, 0.6) is 0 Å². The third-order valence-corrected chi connectivity index (χ3v) is 3.79. The van der Waals surface area contributed by atoms with Gasteiger partial charge in [-0.25, -0.2) is 4.79 Å². The van der Waals surface area contributed by atoms with Gasteiger partial charge < -0.3 is 4.98 Å². The van der Waals surface area contributed by atoms with Crippen LogP contribution >= 0.6 is 0 Å². The molecule has 0 bridgehead atoms. The summed E-state index contributed by atoms with van der Waals surface area (Å²) < 4.78 is 0. The second kappa shape index (κ2) is 5.33. The minimum absolute atomic E-state index is 0.352. The summed E-state index contributed by atoms with van der Waals surface area (Å²) in [5, 5.41) is 0. The predicted molar refractivity (Wildman–Crippen MR) is 78.7 cm³/mol. The molecule has 1 aliphatic carbocycles. The van der Waals surface area contributed by atoms with Gasteiger partial charge in [-0.2, -0.15) is 0 Å². The van der Waals surface area contributed by atoms with Crippen LogP contribution in [0.3, 0.4) is 0 Å². The Labute approximate surface area is 116 Å². The molecule has 1 aromatic carbocycles. The van der Waals surface area contributed by atoms with Gasteiger partial charge in [0.2, 0.25) is 0 Å². The van der Waals surface area contributed by atoms with Crippen LogP contribution in [0.1, 0.15) is 36.4 Å². The Morgan fingerprint density at radius 2 is 1.85 bits per heavy atom. The van der Waals surface area contributed by atoms with Crippen molar-refractivity contribution < 1.29 is 0 Å². The smallest absolute Gasteiger partial charge is 0.307 e. The third kappa shape index (κ3) is 2.64. The predicted octanol–water partition coefficient (Wildman–Crippen LogP) is 2.41. The molecule has 1 unspecified atom stereocenters. The van der Waals surface area contributed by atoms with Gasteiger partial charge in [-0.15, -0.1) is 0 Å². The molecule has 1 heterocycles. The fraction of sp³-hybridized carbons (Fsp3) is 0.250. The summed E-state index contributed by atoms with van der Waals surface area (Å²) in [6, 6.07) is 11.9. The molecule has 102 valence electrons. The quantitative estimate of drug-likeness (QED) is 0.878. The van der Waals surface area contributed by atoms with Crippen LogP contribution < -0.4 is 11.2 Å². The normalized spacial score (nSPS) is 18.6. The molecular formula is C16H16N2O2. The fourth-order valence-electron chi connectivity index (χ4n) is 2.75. The maximum atomic E-state index is 11.3. The summed E-state index contributed by atoms with van der Waals surface area (Å²) in [7, 11) is 0. The highest BCUT2D eigenvalue weighted by Crippen LogP contribution is 2.34. The van der Waals surface area contributed by atoms with Crippen LogP contribution in [-0.2, 0) is 0 Å². The lowest BCUT2D eigenvalue weighted by atomic mass is 9.84. The van der Waals surface area contributed by atoms with E-state index in [0.717, 1.165) is 24.8 Å². The monoisotopic (exact) mass is 268 g/mol. The summed E-state index contributed by atoms with van der Waals surface area (Å²) in [5.74, 6) is 0.522. The number of aromatic amines is 2. The largest absolute Gasteiger partial charge is 0.326 e. The molecular weight excluding hydrogens is 252 g/mol. The van der Waals surface area contributed by atoms with Crippen LogP contribution in [0, 0.1) is 0 Å². The molecule has 0 saturated heterocycles. The van der Waals surface area contributed by atoms with Crippen LogP contribution in [0.2, 0.25) is 0 Å². The third-order valence-electron chi connectivity index (χ3n) is 3.79. The van der Waals surface area contributed by atoms with Crippen LogP contribution in [-0.4, -0.2) is 9.97 Å². The first-order chi connectivity index (χ1) is 9.72. The lowest BCUT2D eigenvalue weighted by Gasteiger charge is -2.22. The zero-order valence-electron chi connectivity index (χ0n) is 11.1. The van der Waals surface area contributed by atoms with Crippen LogP contribution in [0.15, 0.2) is 52.1 Å². The number of hydrogen-bond donors (Lipinski definition) is 2. The van der Waals surface area contributed by atoms with Gasteiger partial charge in [-0.1, -0.05) is 36.4 Å². The number of hydrogen-bond acceptors (Lipinski definition) is 2. The van der Waals surface area contributed by atoms with E-state index in [-0.39, 0.29) is 5.56 Å². The van der Waals surface area contributed by atoms with Crippen molar-refractivity contribution >= 4 is 5.57 Å². The number of allylic oxidation sites excluding steroid dienone is 2. The van der Waals surface area contributed by atoms with Crippen molar-refractivity contribution in [3.63, 3.8) is 0 Å². The van der Waals surface area contributed by atoms with Crippen LogP contribution in [0.25, 0.3) is 5.57 Å². The van der Waals surface area contributed by atoms with Gasteiger partial charge in [0.25, 0.3) is 5.56 Å². The van der Waals surface area contributed by atoms with Gasteiger partial charge in [-0.05, 0) is 36.3 Å². The average molecular weight is 268 g/mol. The van der Waals surface area contributed by atoms with E-state index in [4.69, 9.17) is 0 Å². The summed E-state index contributed by atoms with van der Waals surface area (Å²) in [6.45, 7) is 0. The molecule has 0 saturated carbocycles. The molecule has 3 rings (SSSR count). The minimum Gasteiger partial charge on any atom is -0.307 e. The summed E-state index contributed by atoms with van der Waals surface area (Å²) in [6.07, 6.45) is 4.98. The lowest BCUT2D eigenvalue weighted by molar-refractivity contribution is 0.624. The average Bonchev–Trinajstić information content (AvgIpc) is 2.47. The topological polar surface area (TPSA) is 65.7 Å². The number of H-pyrrole nitrogens is 2. The molecule has 1 atom stereocenters. The van der Waals surface area contributed by atoms with Gasteiger partial charge in [0.15, 0.2) is 0 Å². The number of rotatable bonds is 2. The Morgan fingerprint density at radius 3 is 2.50 bits per heavy atom. The molecule has 0 spiro atoms. The highest BCUT2D eigenvalue weighted by atomic mass is 16.2. The molecule has 1 aliphatic rings. The molecule has 0 fully saturated rings. The van der Waals surface area contributed by atoms with Crippen molar-refractivity contribution in [3.8, 4) is 0 Å². The Balaban J connectivity index is 1.84. The second-order valence-corrected chi connectivity index (χ2v) is 5.11. The Bertz CT molecular complexity index is 713. The SMILES string of the molecule is O=c1cc(C2=CCC(c3ccccc3)CC2)[nH]c(=O)[nH]1. The zero-order chi connectivity index (χ0) is 13.9. The minimum atomic E-state index is -0.446. The van der Waals surface area contributed by atoms with E-state index in [2.05, 4.69) is 40.3 Å². The molecule has 1 aromatic heterocycles. The fourth-order valence-corrected chi connectivity index (χ4v) is 2.75. The first kappa shape index (κ1) is 12.7. The van der Waals surface area contributed by atoms with Crippen molar-refractivity contribution in [2.75, 3.05) is 0 Å². The van der Waals surface area contributed by atoms with E-state index >= 15 is 0 Å². The van der Waals surface area contributed by atoms with E-state index in [0.29, 0.717) is 11.6 Å². The lowest BCUT2D eigenvalue weighted by Crippen LogP contribution is -2.23. The summed E-state index contributed by atoms with van der Waals surface area (Å²) >= 11 is 0. The van der Waals surface area contributed by atoms with Crippen molar-refractivity contribution in [1.82, 2.24) is 9.97 Å². The van der Waals surface area contributed by atoms with Gasteiger partial charge >= 0.3 is 5.69 Å². The highest BCUT2D eigenvalue weighted by molar-refractivity contribution is 5.63. The van der Waals surface area contributed by atoms with E-state index < -0.39 is 5.69 Å². The van der Waals surface area contributed by atoms with E-state index in [9.17, 15) is 9.59 Å². The van der Waals surface area contributed by atoms with Gasteiger partial charge in [0.05, 0.1) is 5.69 Å². The van der Waals surface area contributed by atoms with Crippen LogP contribution in [0.4, 0.5) is 0 Å². The molecule has 4 nitrogen and oxygen atoms in total. The number of aromatic nitrogens is 2. The van der Waals surface area contributed by atoms with Gasteiger partial charge in [-0.3, -0.25) is 9.78 Å². The van der Waals surface area contributed by atoms with Crippen molar-refractivity contribution in [2.45, 2.75) is 25.2 Å². The summed E-state index contributed by atoms with van der Waals surface area (Å²) in [4.78, 5) is 27.5. The van der Waals surface area contributed by atoms with E-state index in [1.54, 1.807) is 0 Å². The molecule has 0 amide bonds. The molecule has 0 aliphatic heterocycles. The number of benzene rings is 1. The molecule has 2 aromatic rings. The second-order valence-electron chi connectivity index (χ2n) is 5.11. The van der Waals surface area contributed by atoms with Gasteiger partial charge in [0, 0.05) is 6.07 Å². The number of nitrogens with one attached hydrogen (secondary N) is 2. The maximum Gasteiger partial charge on any atom is 0.326 e. The van der Waals surface area contributed by atoms with Gasteiger partial charge in [0.1, 0.15) is 0 Å². The Morgan fingerprint density at radius 1 is 1.05 bits per heavy atom. The Hall–Kier alpha value is -2.36. The van der Waals surface area contributed by atoms with Crippen molar-refractivity contribution in [1.29, 1.82) is 0 Å². The van der Waals surface area contributed by atoms with E-state index in [1.807, 2.05) is 6.07 Å². The van der Waals surface area contributed by atoms with Crippen molar-refractivity contribution in [3.05, 3.63) is 74.6 Å². The highest BCUT2D eigenvalue weighted by Gasteiger charge is 2.17. The standard InChI is InChI=1S/C16H16N2O2/c19-15-10-14(17-16(20)18-15)13-8-6-12(7-9-13)11-4-2-1-3-5-11/h1-5,8,10,12H,6-7,9H2,(H2,17,18,19,20). The van der Waals surface area contributed by atoms with Crippen molar-refractivity contribution in [2.24, 2.45) is 0 Å². The molecule has 4 heteroatoms. The first-order valence-corrected chi connectivity index (χ1v) is 6.80. The summed E-state index contributed by atoms with van der Waals surface area (Å²) in [5.41, 5.74) is 2.25. The molecule has 2 N–H and O–H groups in total. The maximum absolute atomic E-state index is 11.3. The zero-order valence-corrected chi connectivity index (χ0v) is 11.1. The Kier molecular flexibility index (Phi) is 3.37.